The zero-order valence-electron chi connectivity index (χ0n) is 15.0. The minimum atomic E-state index is -0.305. The smallest absolute Gasteiger partial charge is 0.253 e. The van der Waals surface area contributed by atoms with E-state index in [9.17, 15) is 14.0 Å². The van der Waals surface area contributed by atoms with Crippen molar-refractivity contribution in [1.29, 1.82) is 0 Å². The predicted molar refractivity (Wildman–Crippen MR) is 97.1 cm³/mol. The Morgan fingerprint density at radius 3 is 2.46 bits per heavy atom. The minimum Gasteiger partial charge on any atom is -0.497 e. The van der Waals surface area contributed by atoms with Crippen molar-refractivity contribution in [2.75, 3.05) is 20.2 Å². The summed E-state index contributed by atoms with van der Waals surface area (Å²) in [7, 11) is 1.57. The molecule has 3 rings (SSSR count). The Kier molecular flexibility index (Phi) is 5.35. The summed E-state index contributed by atoms with van der Waals surface area (Å²) in [5, 5.41) is 0. The van der Waals surface area contributed by atoms with Crippen molar-refractivity contribution >= 4 is 11.7 Å². The van der Waals surface area contributed by atoms with E-state index in [1.165, 1.54) is 6.07 Å². The monoisotopic (exact) mass is 355 g/mol. The summed E-state index contributed by atoms with van der Waals surface area (Å²) in [6.45, 7) is 2.72. The summed E-state index contributed by atoms with van der Waals surface area (Å²) in [4.78, 5) is 27.1. The number of hydrogen-bond acceptors (Lipinski definition) is 3. The quantitative estimate of drug-likeness (QED) is 0.782. The summed E-state index contributed by atoms with van der Waals surface area (Å²) < 4.78 is 18.6. The van der Waals surface area contributed by atoms with Gasteiger partial charge in [-0.25, -0.2) is 4.39 Å². The maximum atomic E-state index is 13.4. The first-order valence-electron chi connectivity index (χ1n) is 8.73. The Labute approximate surface area is 152 Å². The van der Waals surface area contributed by atoms with Crippen molar-refractivity contribution < 1.29 is 18.7 Å². The second kappa shape index (κ2) is 7.68. The molecule has 2 aromatic rings. The third-order valence-corrected chi connectivity index (χ3v) is 4.91. The highest BCUT2D eigenvalue weighted by Crippen LogP contribution is 2.24. The predicted octanol–water partition coefficient (Wildman–Crippen LogP) is 3.88. The van der Waals surface area contributed by atoms with Gasteiger partial charge in [0.2, 0.25) is 0 Å². The first-order valence-corrected chi connectivity index (χ1v) is 8.73. The highest BCUT2D eigenvalue weighted by molar-refractivity contribution is 5.98. The number of ether oxygens (including phenoxy) is 1. The molecular weight excluding hydrogens is 333 g/mol. The normalized spacial score (nSPS) is 15.0. The van der Waals surface area contributed by atoms with Crippen LogP contribution in [-0.4, -0.2) is 36.8 Å². The standard InChI is InChI=1S/C21H22FNO3/c1-14-12-16(6-7-19(14)22)20(24)15-8-10-23(11-9-15)21(25)17-4-3-5-18(13-17)26-2/h3-7,12-13,15H,8-11H2,1-2H3. The molecule has 1 amide bonds. The fourth-order valence-corrected chi connectivity index (χ4v) is 3.32. The van der Waals surface area contributed by atoms with E-state index in [4.69, 9.17) is 4.74 Å². The molecule has 1 heterocycles. The maximum Gasteiger partial charge on any atom is 0.253 e. The lowest BCUT2D eigenvalue weighted by Crippen LogP contribution is -2.40. The molecule has 1 aliphatic rings. The van der Waals surface area contributed by atoms with E-state index in [-0.39, 0.29) is 23.4 Å². The average Bonchev–Trinajstić information content (AvgIpc) is 2.69. The number of amides is 1. The molecule has 4 nitrogen and oxygen atoms in total. The van der Waals surface area contributed by atoms with Gasteiger partial charge < -0.3 is 9.64 Å². The second-order valence-corrected chi connectivity index (χ2v) is 6.63. The lowest BCUT2D eigenvalue weighted by atomic mass is 9.88. The number of likely N-dealkylation sites (tertiary alicyclic amines) is 1. The molecule has 0 bridgehead atoms. The van der Waals surface area contributed by atoms with Gasteiger partial charge in [0, 0.05) is 30.1 Å². The minimum absolute atomic E-state index is 0.0292. The Morgan fingerprint density at radius 2 is 1.81 bits per heavy atom. The number of aryl methyl sites for hydroxylation is 1. The summed E-state index contributed by atoms with van der Waals surface area (Å²) >= 11 is 0. The molecule has 0 radical (unpaired) electrons. The van der Waals surface area contributed by atoms with Gasteiger partial charge in [-0.15, -0.1) is 0 Å². The van der Waals surface area contributed by atoms with E-state index in [2.05, 4.69) is 0 Å². The van der Waals surface area contributed by atoms with Gasteiger partial charge in [-0.1, -0.05) is 6.07 Å². The van der Waals surface area contributed by atoms with Crippen LogP contribution in [0.5, 0.6) is 5.75 Å². The number of carbonyl (C=O) groups excluding carboxylic acids is 2. The molecule has 1 fully saturated rings. The number of benzene rings is 2. The lowest BCUT2D eigenvalue weighted by Gasteiger charge is -2.31. The van der Waals surface area contributed by atoms with Crippen LogP contribution < -0.4 is 4.74 Å². The van der Waals surface area contributed by atoms with Gasteiger partial charge in [0.25, 0.3) is 5.91 Å². The molecule has 0 atom stereocenters. The molecule has 0 saturated carbocycles. The number of carbonyl (C=O) groups is 2. The van der Waals surface area contributed by atoms with E-state index in [1.54, 1.807) is 55.3 Å². The van der Waals surface area contributed by atoms with Crippen LogP contribution in [0.3, 0.4) is 0 Å². The molecule has 0 unspecified atom stereocenters. The van der Waals surface area contributed by atoms with E-state index < -0.39 is 0 Å². The van der Waals surface area contributed by atoms with Crippen LogP contribution in [0.4, 0.5) is 4.39 Å². The van der Waals surface area contributed by atoms with E-state index in [0.717, 1.165) is 0 Å². The van der Waals surface area contributed by atoms with Crippen molar-refractivity contribution in [2.24, 2.45) is 5.92 Å². The van der Waals surface area contributed by atoms with Crippen LogP contribution in [0, 0.1) is 18.7 Å². The van der Waals surface area contributed by atoms with Crippen molar-refractivity contribution in [2.45, 2.75) is 19.8 Å². The third kappa shape index (κ3) is 3.77. The molecular formula is C21H22FNO3. The van der Waals surface area contributed by atoms with Crippen LogP contribution in [0.25, 0.3) is 0 Å². The number of hydrogen-bond donors (Lipinski definition) is 0. The Bertz CT molecular complexity index is 826. The largest absolute Gasteiger partial charge is 0.497 e. The Balaban J connectivity index is 1.64. The fourth-order valence-electron chi connectivity index (χ4n) is 3.32. The van der Waals surface area contributed by atoms with Crippen LogP contribution in [0.2, 0.25) is 0 Å². The van der Waals surface area contributed by atoms with Crippen molar-refractivity contribution in [3.63, 3.8) is 0 Å². The number of Topliss-reactive ketones (excluding diaryl/α,β-unsaturated/α-hetero) is 1. The molecule has 1 aliphatic heterocycles. The fraction of sp³-hybridized carbons (Fsp3) is 0.333. The van der Waals surface area contributed by atoms with Gasteiger partial charge in [-0.05, 0) is 61.7 Å². The maximum absolute atomic E-state index is 13.4. The lowest BCUT2D eigenvalue weighted by molar-refractivity contribution is 0.0650. The van der Waals surface area contributed by atoms with Crippen LogP contribution in [0.15, 0.2) is 42.5 Å². The van der Waals surface area contributed by atoms with Gasteiger partial charge in [0.05, 0.1) is 7.11 Å². The van der Waals surface area contributed by atoms with Crippen LogP contribution in [0.1, 0.15) is 39.1 Å². The number of piperidine rings is 1. The topological polar surface area (TPSA) is 46.6 Å². The number of ketones is 1. The van der Waals surface area contributed by atoms with E-state index in [1.807, 2.05) is 0 Å². The number of halogens is 1. The van der Waals surface area contributed by atoms with Crippen LogP contribution in [-0.2, 0) is 0 Å². The molecule has 0 N–H and O–H groups in total. The van der Waals surface area contributed by atoms with Crippen LogP contribution >= 0.6 is 0 Å². The van der Waals surface area contributed by atoms with E-state index >= 15 is 0 Å². The second-order valence-electron chi connectivity index (χ2n) is 6.63. The highest BCUT2D eigenvalue weighted by Gasteiger charge is 2.28. The molecule has 5 heteroatoms. The van der Waals surface area contributed by atoms with Gasteiger partial charge in [0.15, 0.2) is 5.78 Å². The molecule has 2 aromatic carbocycles. The Morgan fingerprint density at radius 1 is 1.08 bits per heavy atom. The molecule has 0 aliphatic carbocycles. The molecule has 0 aromatic heterocycles. The molecule has 136 valence electrons. The van der Waals surface area contributed by atoms with Gasteiger partial charge >= 0.3 is 0 Å². The zero-order valence-corrected chi connectivity index (χ0v) is 15.0. The summed E-state index contributed by atoms with van der Waals surface area (Å²) in [6, 6.07) is 11.6. The summed E-state index contributed by atoms with van der Waals surface area (Å²) in [5.74, 6) is 0.191. The first-order chi connectivity index (χ1) is 12.5. The Hall–Kier alpha value is -2.69. The summed E-state index contributed by atoms with van der Waals surface area (Å²) in [5.41, 5.74) is 1.60. The molecule has 1 saturated heterocycles. The third-order valence-electron chi connectivity index (χ3n) is 4.91. The molecule has 26 heavy (non-hydrogen) atoms. The average molecular weight is 355 g/mol. The number of nitrogens with zero attached hydrogens (tertiary/aromatic N) is 1. The summed E-state index contributed by atoms with van der Waals surface area (Å²) in [6.07, 6.45) is 1.23. The first kappa shape index (κ1) is 18.1. The van der Waals surface area contributed by atoms with Crippen molar-refractivity contribution in [3.05, 3.63) is 65.0 Å². The van der Waals surface area contributed by atoms with Gasteiger partial charge in [-0.2, -0.15) is 0 Å². The van der Waals surface area contributed by atoms with Gasteiger partial charge in [0.1, 0.15) is 11.6 Å². The zero-order chi connectivity index (χ0) is 18.7. The van der Waals surface area contributed by atoms with Gasteiger partial charge in [-0.3, -0.25) is 9.59 Å². The number of rotatable bonds is 4. The SMILES string of the molecule is COc1cccc(C(=O)N2CCC(C(=O)c3ccc(F)c(C)c3)CC2)c1. The molecule has 0 spiro atoms. The highest BCUT2D eigenvalue weighted by atomic mass is 19.1. The van der Waals surface area contributed by atoms with Crippen molar-refractivity contribution in [3.8, 4) is 5.75 Å². The number of methoxy groups -OCH3 is 1. The van der Waals surface area contributed by atoms with Crippen molar-refractivity contribution in [1.82, 2.24) is 4.90 Å². The van der Waals surface area contributed by atoms with E-state index in [0.29, 0.717) is 48.4 Å².